The number of methoxy groups -OCH3 is 2. The molecule has 0 saturated carbocycles. The molecule has 1 N–H and O–H groups in total. The normalized spacial score (nSPS) is 16.3. The minimum Gasteiger partial charge on any atom is -0.497 e. The van der Waals surface area contributed by atoms with Crippen LogP contribution in [-0.2, 0) is 12.0 Å². The zero-order chi connectivity index (χ0) is 19.6. The Balaban J connectivity index is 1.84. The number of anilines is 1. The summed E-state index contributed by atoms with van der Waals surface area (Å²) < 4.78 is 10.7. The fourth-order valence-electron chi connectivity index (χ4n) is 3.44. The Hall–Kier alpha value is -2.05. The van der Waals surface area contributed by atoms with Crippen LogP contribution in [0, 0.1) is 6.92 Å². The summed E-state index contributed by atoms with van der Waals surface area (Å²) in [5.41, 5.74) is 0.754. The highest BCUT2D eigenvalue weighted by Gasteiger charge is 2.35. The van der Waals surface area contributed by atoms with Gasteiger partial charge in [0.1, 0.15) is 28.3 Å². The Morgan fingerprint density at radius 1 is 1.11 bits per heavy atom. The number of halogens is 1. The van der Waals surface area contributed by atoms with Crippen molar-refractivity contribution in [3.8, 4) is 11.5 Å². The molecular weight excluding hydrogens is 366 g/mol. The van der Waals surface area contributed by atoms with E-state index in [0.717, 1.165) is 29.2 Å². The van der Waals surface area contributed by atoms with Gasteiger partial charge < -0.3 is 19.5 Å². The van der Waals surface area contributed by atoms with E-state index in [0.29, 0.717) is 42.6 Å². The van der Waals surface area contributed by atoms with E-state index in [4.69, 9.17) is 21.1 Å². The molecule has 6 nitrogen and oxygen atoms in total. The summed E-state index contributed by atoms with van der Waals surface area (Å²) in [6.07, 6.45) is 1.88. The zero-order valence-electron chi connectivity index (χ0n) is 16.3. The van der Waals surface area contributed by atoms with E-state index in [2.05, 4.69) is 14.9 Å². The molecule has 1 saturated heterocycles. The van der Waals surface area contributed by atoms with Crippen molar-refractivity contribution in [2.45, 2.75) is 38.7 Å². The molecule has 3 rings (SSSR count). The standard InChI is InChI=1S/C20H26ClN3O3/c1-5-17-22-18(21)13(2)19(23-17)24-8-6-20(25,7-9-24)14-10-15(26-3)12-16(11-14)27-4/h10-12,25H,5-9H2,1-4H3. The maximum atomic E-state index is 11.3. The summed E-state index contributed by atoms with van der Waals surface area (Å²) in [4.78, 5) is 11.1. The predicted octanol–water partition coefficient (Wildman–Crippen LogP) is 3.51. The zero-order valence-corrected chi connectivity index (χ0v) is 17.0. The molecule has 2 aromatic rings. The molecule has 0 amide bonds. The number of ether oxygens (including phenoxy) is 2. The molecule has 0 bridgehead atoms. The van der Waals surface area contributed by atoms with Gasteiger partial charge in [-0.15, -0.1) is 0 Å². The number of hydrogen-bond acceptors (Lipinski definition) is 6. The van der Waals surface area contributed by atoms with Crippen LogP contribution in [0.1, 0.15) is 36.7 Å². The van der Waals surface area contributed by atoms with E-state index in [1.807, 2.05) is 26.0 Å². The molecule has 0 aliphatic carbocycles. The lowest BCUT2D eigenvalue weighted by Gasteiger charge is -2.39. The van der Waals surface area contributed by atoms with Crippen molar-refractivity contribution >= 4 is 17.4 Å². The molecule has 0 atom stereocenters. The molecule has 1 aliphatic heterocycles. The molecule has 0 spiro atoms. The van der Waals surface area contributed by atoms with E-state index in [-0.39, 0.29) is 0 Å². The largest absolute Gasteiger partial charge is 0.497 e. The maximum Gasteiger partial charge on any atom is 0.137 e. The SMILES string of the molecule is CCc1nc(Cl)c(C)c(N2CCC(O)(c3cc(OC)cc(OC)c3)CC2)n1. The van der Waals surface area contributed by atoms with Crippen LogP contribution in [0.25, 0.3) is 0 Å². The van der Waals surface area contributed by atoms with Crippen LogP contribution in [-0.4, -0.2) is 42.4 Å². The Labute approximate surface area is 165 Å². The van der Waals surface area contributed by atoms with Crippen LogP contribution in [0.2, 0.25) is 5.15 Å². The minimum atomic E-state index is -0.934. The lowest BCUT2D eigenvalue weighted by Crippen LogP contribution is -2.43. The number of benzene rings is 1. The number of aryl methyl sites for hydroxylation is 1. The van der Waals surface area contributed by atoms with E-state index in [1.54, 1.807) is 20.3 Å². The first kappa shape index (κ1) is 19.7. The summed E-state index contributed by atoms with van der Waals surface area (Å²) in [6.45, 7) is 5.29. The smallest absolute Gasteiger partial charge is 0.137 e. The van der Waals surface area contributed by atoms with Crippen molar-refractivity contribution in [2.24, 2.45) is 0 Å². The number of piperidine rings is 1. The fraction of sp³-hybridized carbons (Fsp3) is 0.500. The number of aliphatic hydroxyl groups is 1. The average Bonchev–Trinajstić information content (AvgIpc) is 2.70. The second kappa shape index (κ2) is 7.90. The van der Waals surface area contributed by atoms with Crippen molar-refractivity contribution < 1.29 is 14.6 Å². The Morgan fingerprint density at radius 3 is 2.22 bits per heavy atom. The lowest BCUT2D eigenvalue weighted by atomic mass is 9.84. The van der Waals surface area contributed by atoms with Crippen molar-refractivity contribution in [1.82, 2.24) is 9.97 Å². The van der Waals surface area contributed by atoms with Crippen LogP contribution in [0.3, 0.4) is 0 Å². The molecule has 1 aromatic carbocycles. The third-order valence-corrected chi connectivity index (χ3v) is 5.57. The highest BCUT2D eigenvalue weighted by Crippen LogP contribution is 2.38. The van der Waals surface area contributed by atoms with Gasteiger partial charge in [-0.2, -0.15) is 0 Å². The van der Waals surface area contributed by atoms with Gasteiger partial charge in [0.15, 0.2) is 0 Å². The first-order chi connectivity index (χ1) is 12.9. The molecule has 1 aliphatic rings. The van der Waals surface area contributed by atoms with Gasteiger partial charge in [-0.3, -0.25) is 0 Å². The molecule has 146 valence electrons. The molecule has 0 radical (unpaired) electrons. The van der Waals surface area contributed by atoms with Gasteiger partial charge in [0, 0.05) is 31.1 Å². The molecule has 1 aromatic heterocycles. The van der Waals surface area contributed by atoms with E-state index in [1.165, 1.54) is 0 Å². The second-order valence-electron chi connectivity index (χ2n) is 6.85. The maximum absolute atomic E-state index is 11.3. The predicted molar refractivity (Wildman–Crippen MR) is 106 cm³/mol. The average molecular weight is 392 g/mol. The Bertz CT molecular complexity index is 798. The van der Waals surface area contributed by atoms with E-state index >= 15 is 0 Å². The summed E-state index contributed by atoms with van der Waals surface area (Å²) in [5.74, 6) is 2.94. The number of nitrogens with zero attached hydrogens (tertiary/aromatic N) is 3. The van der Waals surface area contributed by atoms with Crippen LogP contribution >= 0.6 is 11.6 Å². The lowest BCUT2D eigenvalue weighted by molar-refractivity contribution is 0.0112. The topological polar surface area (TPSA) is 67.7 Å². The fourth-order valence-corrected chi connectivity index (χ4v) is 3.62. The molecule has 0 unspecified atom stereocenters. The van der Waals surface area contributed by atoms with Gasteiger partial charge in [-0.1, -0.05) is 18.5 Å². The first-order valence-corrected chi connectivity index (χ1v) is 9.52. The highest BCUT2D eigenvalue weighted by atomic mass is 35.5. The van der Waals surface area contributed by atoms with Crippen LogP contribution in [0.15, 0.2) is 18.2 Å². The third kappa shape index (κ3) is 3.96. The summed E-state index contributed by atoms with van der Waals surface area (Å²) in [5, 5.41) is 11.8. The minimum absolute atomic E-state index is 0.496. The van der Waals surface area contributed by atoms with Gasteiger partial charge in [-0.05, 0) is 37.5 Å². The van der Waals surface area contributed by atoms with Crippen molar-refractivity contribution in [1.29, 1.82) is 0 Å². The number of hydrogen-bond donors (Lipinski definition) is 1. The molecule has 7 heteroatoms. The summed E-state index contributed by atoms with van der Waals surface area (Å²) in [7, 11) is 3.22. The van der Waals surface area contributed by atoms with Crippen molar-refractivity contribution in [3.05, 3.63) is 40.3 Å². The summed E-state index contributed by atoms with van der Waals surface area (Å²) in [6, 6.07) is 5.56. The summed E-state index contributed by atoms with van der Waals surface area (Å²) >= 11 is 6.28. The van der Waals surface area contributed by atoms with Crippen LogP contribution < -0.4 is 14.4 Å². The van der Waals surface area contributed by atoms with Crippen molar-refractivity contribution in [2.75, 3.05) is 32.2 Å². The van der Waals surface area contributed by atoms with Crippen molar-refractivity contribution in [3.63, 3.8) is 0 Å². The van der Waals surface area contributed by atoms with Gasteiger partial charge in [0.2, 0.25) is 0 Å². The van der Waals surface area contributed by atoms with E-state index in [9.17, 15) is 5.11 Å². The van der Waals surface area contributed by atoms with Gasteiger partial charge >= 0.3 is 0 Å². The van der Waals surface area contributed by atoms with Gasteiger partial charge in [0.05, 0.1) is 19.8 Å². The quantitative estimate of drug-likeness (QED) is 0.787. The molecule has 1 fully saturated rings. The molecule has 27 heavy (non-hydrogen) atoms. The Kier molecular flexibility index (Phi) is 5.77. The number of aromatic nitrogens is 2. The molecule has 2 heterocycles. The van der Waals surface area contributed by atoms with Gasteiger partial charge in [0.25, 0.3) is 0 Å². The third-order valence-electron chi connectivity index (χ3n) is 5.20. The van der Waals surface area contributed by atoms with Gasteiger partial charge in [-0.25, -0.2) is 9.97 Å². The highest BCUT2D eigenvalue weighted by molar-refractivity contribution is 6.30. The number of rotatable bonds is 5. The first-order valence-electron chi connectivity index (χ1n) is 9.14. The second-order valence-corrected chi connectivity index (χ2v) is 7.21. The monoisotopic (exact) mass is 391 g/mol. The van der Waals surface area contributed by atoms with Crippen LogP contribution in [0.4, 0.5) is 5.82 Å². The molecular formula is C20H26ClN3O3. The van der Waals surface area contributed by atoms with E-state index < -0.39 is 5.60 Å². The van der Waals surface area contributed by atoms with Crippen LogP contribution in [0.5, 0.6) is 11.5 Å². The Morgan fingerprint density at radius 2 is 1.70 bits per heavy atom.